The highest BCUT2D eigenvalue weighted by Gasteiger charge is 2.29. The van der Waals surface area contributed by atoms with Gasteiger partial charge in [0.05, 0.1) is 11.0 Å². The topological polar surface area (TPSA) is 115 Å². The number of carbonyl (C=O) groups is 1. The van der Waals surface area contributed by atoms with Crippen LogP contribution in [0.3, 0.4) is 0 Å². The van der Waals surface area contributed by atoms with Crippen molar-refractivity contribution in [1.82, 2.24) is 4.90 Å². The first-order valence-electron chi connectivity index (χ1n) is 6.05. The second kappa shape index (κ2) is 5.23. The van der Waals surface area contributed by atoms with E-state index >= 15 is 0 Å². The molecule has 1 fully saturated rings. The second-order valence-electron chi connectivity index (χ2n) is 4.68. The fourth-order valence-electron chi connectivity index (χ4n) is 2.42. The van der Waals surface area contributed by atoms with E-state index in [0.717, 1.165) is 24.9 Å². The van der Waals surface area contributed by atoms with E-state index in [2.05, 4.69) is 0 Å². The summed E-state index contributed by atoms with van der Waals surface area (Å²) in [4.78, 5) is 23.5. The Hall–Kier alpha value is -2.15. The van der Waals surface area contributed by atoms with Crippen molar-refractivity contribution >= 4 is 17.3 Å². The van der Waals surface area contributed by atoms with Gasteiger partial charge in [0.25, 0.3) is 5.69 Å². The average Bonchev–Trinajstić information content (AvgIpc) is 2.79. The quantitative estimate of drug-likeness (QED) is 0.470. The van der Waals surface area contributed by atoms with Gasteiger partial charge in [0.2, 0.25) is 5.91 Å². The van der Waals surface area contributed by atoms with E-state index in [9.17, 15) is 14.9 Å². The molecule has 0 aromatic heterocycles. The number of rotatable bonds is 4. The number of likely N-dealkylation sites (tertiary alicyclic amines) is 1. The van der Waals surface area contributed by atoms with Crippen molar-refractivity contribution in [3.8, 4) is 0 Å². The van der Waals surface area contributed by atoms with Crippen molar-refractivity contribution in [2.24, 2.45) is 5.73 Å². The Morgan fingerprint density at radius 3 is 2.89 bits per heavy atom. The molecular weight excluding hydrogens is 248 g/mol. The smallest absolute Gasteiger partial charge is 0.292 e. The van der Waals surface area contributed by atoms with Crippen molar-refractivity contribution in [2.75, 3.05) is 12.3 Å². The SMILES string of the molecule is NC(=O)C1CCCN1Cc1ccc(N)c([N+](=O)[O-])c1. The zero-order chi connectivity index (χ0) is 14.0. The van der Waals surface area contributed by atoms with E-state index in [1.807, 2.05) is 4.90 Å². The van der Waals surface area contributed by atoms with Crippen LogP contribution in [-0.2, 0) is 11.3 Å². The number of hydrogen-bond donors (Lipinski definition) is 2. The maximum atomic E-state index is 11.3. The van der Waals surface area contributed by atoms with Crippen molar-refractivity contribution < 1.29 is 9.72 Å². The first-order chi connectivity index (χ1) is 8.99. The Balaban J connectivity index is 2.17. The molecule has 0 spiro atoms. The molecule has 1 saturated heterocycles. The molecule has 1 amide bonds. The summed E-state index contributed by atoms with van der Waals surface area (Å²) in [6.45, 7) is 1.24. The number of nitro benzene ring substituents is 1. The number of carbonyl (C=O) groups excluding carboxylic acids is 1. The van der Waals surface area contributed by atoms with Gasteiger partial charge in [-0.15, -0.1) is 0 Å². The van der Waals surface area contributed by atoms with Crippen LogP contribution in [0.5, 0.6) is 0 Å². The fraction of sp³-hybridized carbons (Fsp3) is 0.417. The summed E-state index contributed by atoms with van der Waals surface area (Å²) in [6.07, 6.45) is 1.65. The molecule has 1 heterocycles. The van der Waals surface area contributed by atoms with E-state index in [-0.39, 0.29) is 23.3 Å². The van der Waals surface area contributed by atoms with Gasteiger partial charge in [-0.25, -0.2) is 0 Å². The summed E-state index contributed by atoms with van der Waals surface area (Å²) in [6, 6.07) is 4.42. The molecule has 1 unspecified atom stereocenters. The number of primary amides is 1. The third kappa shape index (κ3) is 2.82. The van der Waals surface area contributed by atoms with Gasteiger partial charge in [-0.2, -0.15) is 0 Å². The van der Waals surface area contributed by atoms with Crippen LogP contribution in [0.1, 0.15) is 18.4 Å². The van der Waals surface area contributed by atoms with E-state index in [1.54, 1.807) is 6.07 Å². The zero-order valence-electron chi connectivity index (χ0n) is 10.4. The predicted octanol–water partition coefficient (Wildman–Crippen LogP) is 0.627. The highest BCUT2D eigenvalue weighted by atomic mass is 16.6. The molecule has 1 aromatic rings. The van der Waals surface area contributed by atoms with Crippen molar-refractivity contribution in [3.63, 3.8) is 0 Å². The maximum absolute atomic E-state index is 11.3. The van der Waals surface area contributed by atoms with Gasteiger partial charge in [-0.05, 0) is 31.0 Å². The molecule has 19 heavy (non-hydrogen) atoms. The molecule has 0 aliphatic carbocycles. The molecule has 1 aliphatic heterocycles. The van der Waals surface area contributed by atoms with E-state index < -0.39 is 4.92 Å². The molecule has 1 aromatic carbocycles. The first kappa shape index (κ1) is 13.3. The van der Waals surface area contributed by atoms with Crippen LogP contribution in [0.2, 0.25) is 0 Å². The summed E-state index contributed by atoms with van der Waals surface area (Å²) >= 11 is 0. The Morgan fingerprint density at radius 1 is 1.53 bits per heavy atom. The van der Waals surface area contributed by atoms with Gasteiger partial charge < -0.3 is 11.5 Å². The zero-order valence-corrected chi connectivity index (χ0v) is 10.4. The van der Waals surface area contributed by atoms with Crippen LogP contribution in [0.4, 0.5) is 11.4 Å². The molecule has 1 aliphatic rings. The minimum absolute atomic E-state index is 0.104. The van der Waals surface area contributed by atoms with Gasteiger partial charge in [0.1, 0.15) is 5.69 Å². The van der Waals surface area contributed by atoms with Gasteiger partial charge in [-0.1, -0.05) is 6.07 Å². The standard InChI is InChI=1S/C12H16N4O3/c13-9-4-3-8(6-11(9)16(18)19)7-15-5-1-2-10(15)12(14)17/h3-4,6,10H,1-2,5,7,13H2,(H2,14,17). The summed E-state index contributed by atoms with van der Waals surface area (Å²) in [5.74, 6) is -0.345. The Bertz CT molecular complexity index is 518. The minimum Gasteiger partial charge on any atom is -0.393 e. The largest absolute Gasteiger partial charge is 0.393 e. The van der Waals surface area contributed by atoms with Crippen molar-refractivity contribution in [3.05, 3.63) is 33.9 Å². The van der Waals surface area contributed by atoms with Crippen LogP contribution in [-0.4, -0.2) is 28.3 Å². The van der Waals surface area contributed by atoms with Crippen LogP contribution < -0.4 is 11.5 Å². The normalized spacial score (nSPS) is 19.5. The van der Waals surface area contributed by atoms with Crippen LogP contribution in [0.15, 0.2) is 18.2 Å². The average molecular weight is 264 g/mol. The number of nitrogens with two attached hydrogens (primary N) is 2. The summed E-state index contributed by atoms with van der Waals surface area (Å²) in [7, 11) is 0. The molecule has 4 N–H and O–H groups in total. The third-order valence-electron chi connectivity index (χ3n) is 3.37. The van der Waals surface area contributed by atoms with Gasteiger partial charge in [0.15, 0.2) is 0 Å². The van der Waals surface area contributed by atoms with E-state index in [4.69, 9.17) is 11.5 Å². The lowest BCUT2D eigenvalue weighted by atomic mass is 10.1. The second-order valence-corrected chi connectivity index (χ2v) is 4.68. The number of amides is 1. The molecule has 0 radical (unpaired) electrons. The van der Waals surface area contributed by atoms with Crippen molar-refractivity contribution in [1.29, 1.82) is 0 Å². The predicted molar refractivity (Wildman–Crippen MR) is 70.1 cm³/mol. The summed E-state index contributed by atoms with van der Waals surface area (Å²) in [5.41, 5.74) is 11.7. The highest BCUT2D eigenvalue weighted by Crippen LogP contribution is 2.25. The number of nitrogens with zero attached hydrogens (tertiary/aromatic N) is 2. The Kier molecular flexibility index (Phi) is 3.66. The van der Waals surface area contributed by atoms with E-state index in [0.29, 0.717) is 6.54 Å². The van der Waals surface area contributed by atoms with Gasteiger partial charge in [0, 0.05) is 12.6 Å². The summed E-state index contributed by atoms with van der Waals surface area (Å²) < 4.78 is 0. The number of anilines is 1. The lowest BCUT2D eigenvalue weighted by Gasteiger charge is -2.21. The lowest BCUT2D eigenvalue weighted by Crippen LogP contribution is -2.39. The van der Waals surface area contributed by atoms with Gasteiger partial charge in [-0.3, -0.25) is 19.8 Å². The Labute approximate surface area is 110 Å². The molecular formula is C12H16N4O3. The molecule has 7 heteroatoms. The number of benzene rings is 1. The minimum atomic E-state index is -0.506. The number of nitrogen functional groups attached to an aromatic ring is 1. The van der Waals surface area contributed by atoms with Crippen LogP contribution >= 0.6 is 0 Å². The lowest BCUT2D eigenvalue weighted by molar-refractivity contribution is -0.384. The van der Waals surface area contributed by atoms with Crippen LogP contribution in [0.25, 0.3) is 0 Å². The molecule has 0 bridgehead atoms. The molecule has 2 rings (SSSR count). The molecule has 7 nitrogen and oxygen atoms in total. The maximum Gasteiger partial charge on any atom is 0.292 e. The Morgan fingerprint density at radius 2 is 2.26 bits per heavy atom. The van der Waals surface area contributed by atoms with Gasteiger partial charge >= 0.3 is 0 Å². The van der Waals surface area contributed by atoms with E-state index in [1.165, 1.54) is 12.1 Å². The third-order valence-corrected chi connectivity index (χ3v) is 3.37. The highest BCUT2D eigenvalue weighted by molar-refractivity contribution is 5.80. The first-order valence-corrected chi connectivity index (χ1v) is 6.05. The van der Waals surface area contributed by atoms with Crippen LogP contribution in [0, 0.1) is 10.1 Å². The molecule has 102 valence electrons. The summed E-state index contributed by atoms with van der Waals surface area (Å²) in [5, 5.41) is 10.8. The number of nitro groups is 1. The molecule has 1 atom stereocenters. The molecule has 0 saturated carbocycles. The monoisotopic (exact) mass is 264 g/mol. The fourth-order valence-corrected chi connectivity index (χ4v) is 2.42. The number of hydrogen-bond acceptors (Lipinski definition) is 5. The van der Waals surface area contributed by atoms with Crippen molar-refractivity contribution in [2.45, 2.75) is 25.4 Å².